The number of fused-ring (bicyclic) bond motifs is 1. The predicted molar refractivity (Wildman–Crippen MR) is 76.2 cm³/mol. The molecule has 19 heavy (non-hydrogen) atoms. The first-order valence-corrected chi connectivity index (χ1v) is 6.76. The van der Waals surface area contributed by atoms with Gasteiger partial charge in [-0.25, -0.2) is 0 Å². The zero-order valence-corrected chi connectivity index (χ0v) is 10.9. The molecule has 100 valence electrons. The van der Waals surface area contributed by atoms with Crippen molar-refractivity contribution >= 4 is 10.8 Å². The standard InChI is InChI=1S/C16H19NO2/c17-15(16-11-18-8-9-19-16)10-13-6-3-5-12-4-1-2-7-14(12)13/h1-7,15-16H,8-11,17H2. The lowest BCUT2D eigenvalue weighted by molar-refractivity contribution is -0.0967. The second-order valence-corrected chi connectivity index (χ2v) is 4.99. The second kappa shape index (κ2) is 5.70. The fourth-order valence-electron chi connectivity index (χ4n) is 2.61. The van der Waals surface area contributed by atoms with Crippen LogP contribution < -0.4 is 5.73 Å². The fraction of sp³-hybridized carbons (Fsp3) is 0.375. The van der Waals surface area contributed by atoms with E-state index in [1.807, 2.05) is 0 Å². The molecular weight excluding hydrogens is 238 g/mol. The first-order valence-electron chi connectivity index (χ1n) is 6.76. The molecule has 1 saturated heterocycles. The average molecular weight is 257 g/mol. The molecule has 1 fully saturated rings. The minimum atomic E-state index is -0.0221. The van der Waals surface area contributed by atoms with Gasteiger partial charge in [-0.1, -0.05) is 42.5 Å². The van der Waals surface area contributed by atoms with Gasteiger partial charge in [-0.05, 0) is 22.8 Å². The van der Waals surface area contributed by atoms with E-state index in [0.29, 0.717) is 19.8 Å². The fourth-order valence-corrected chi connectivity index (χ4v) is 2.61. The quantitative estimate of drug-likeness (QED) is 0.916. The van der Waals surface area contributed by atoms with E-state index in [1.165, 1.54) is 16.3 Å². The van der Waals surface area contributed by atoms with E-state index in [0.717, 1.165) is 6.42 Å². The van der Waals surface area contributed by atoms with Crippen LogP contribution in [0, 0.1) is 0 Å². The molecule has 0 aromatic heterocycles. The summed E-state index contributed by atoms with van der Waals surface area (Å²) < 4.78 is 11.1. The van der Waals surface area contributed by atoms with Crippen molar-refractivity contribution in [3.63, 3.8) is 0 Å². The molecule has 2 unspecified atom stereocenters. The molecule has 0 aliphatic carbocycles. The summed E-state index contributed by atoms with van der Waals surface area (Å²) in [7, 11) is 0. The van der Waals surface area contributed by atoms with Crippen LogP contribution in [-0.2, 0) is 15.9 Å². The van der Waals surface area contributed by atoms with E-state index >= 15 is 0 Å². The molecule has 1 aliphatic rings. The van der Waals surface area contributed by atoms with Crippen LogP contribution in [0.5, 0.6) is 0 Å². The van der Waals surface area contributed by atoms with Crippen molar-refractivity contribution in [2.24, 2.45) is 5.73 Å². The highest BCUT2D eigenvalue weighted by Crippen LogP contribution is 2.20. The molecule has 3 heteroatoms. The van der Waals surface area contributed by atoms with E-state index in [9.17, 15) is 0 Å². The van der Waals surface area contributed by atoms with Gasteiger partial charge in [0, 0.05) is 6.04 Å². The molecule has 0 amide bonds. The first-order chi connectivity index (χ1) is 9.34. The molecular formula is C16H19NO2. The Morgan fingerprint density at radius 3 is 2.79 bits per heavy atom. The number of rotatable bonds is 3. The van der Waals surface area contributed by atoms with Crippen molar-refractivity contribution in [3.8, 4) is 0 Å². The molecule has 1 aliphatic heterocycles. The van der Waals surface area contributed by atoms with Crippen LogP contribution in [-0.4, -0.2) is 32.0 Å². The molecule has 1 heterocycles. The summed E-state index contributed by atoms with van der Waals surface area (Å²) in [5.41, 5.74) is 7.54. The van der Waals surface area contributed by atoms with Crippen molar-refractivity contribution < 1.29 is 9.47 Å². The van der Waals surface area contributed by atoms with Gasteiger partial charge in [0.25, 0.3) is 0 Å². The predicted octanol–water partition coefficient (Wildman–Crippen LogP) is 2.12. The largest absolute Gasteiger partial charge is 0.376 e. The average Bonchev–Trinajstić information content (AvgIpc) is 2.48. The number of benzene rings is 2. The molecule has 3 nitrogen and oxygen atoms in total. The third-order valence-electron chi connectivity index (χ3n) is 3.65. The minimum absolute atomic E-state index is 0.00715. The van der Waals surface area contributed by atoms with Crippen LogP contribution in [0.3, 0.4) is 0 Å². The Hall–Kier alpha value is -1.42. The van der Waals surface area contributed by atoms with E-state index in [1.54, 1.807) is 0 Å². The molecule has 0 spiro atoms. The summed E-state index contributed by atoms with van der Waals surface area (Å²) in [5, 5.41) is 2.53. The number of hydrogen-bond acceptors (Lipinski definition) is 3. The lowest BCUT2D eigenvalue weighted by Gasteiger charge is -2.28. The number of hydrogen-bond donors (Lipinski definition) is 1. The third kappa shape index (κ3) is 2.78. The maximum absolute atomic E-state index is 6.27. The van der Waals surface area contributed by atoms with Crippen molar-refractivity contribution in [2.45, 2.75) is 18.6 Å². The van der Waals surface area contributed by atoms with Crippen LogP contribution in [0.2, 0.25) is 0 Å². The zero-order chi connectivity index (χ0) is 13.1. The third-order valence-corrected chi connectivity index (χ3v) is 3.65. The Labute approximate surface area is 113 Å². The number of ether oxygens (including phenoxy) is 2. The molecule has 0 radical (unpaired) electrons. The van der Waals surface area contributed by atoms with E-state index in [-0.39, 0.29) is 12.1 Å². The topological polar surface area (TPSA) is 44.5 Å². The summed E-state index contributed by atoms with van der Waals surface area (Å²) in [6, 6.07) is 14.7. The van der Waals surface area contributed by atoms with Gasteiger partial charge >= 0.3 is 0 Å². The molecule has 2 N–H and O–H groups in total. The zero-order valence-electron chi connectivity index (χ0n) is 10.9. The maximum Gasteiger partial charge on any atom is 0.0963 e. The number of nitrogens with two attached hydrogens (primary N) is 1. The van der Waals surface area contributed by atoms with Crippen LogP contribution in [0.25, 0.3) is 10.8 Å². The Bertz CT molecular complexity index is 544. The van der Waals surface area contributed by atoms with Crippen molar-refractivity contribution in [1.82, 2.24) is 0 Å². The van der Waals surface area contributed by atoms with E-state index in [4.69, 9.17) is 15.2 Å². The van der Waals surface area contributed by atoms with Gasteiger partial charge in [-0.2, -0.15) is 0 Å². The Morgan fingerprint density at radius 2 is 1.95 bits per heavy atom. The van der Waals surface area contributed by atoms with Crippen LogP contribution in [0.4, 0.5) is 0 Å². The van der Waals surface area contributed by atoms with E-state index < -0.39 is 0 Å². The Balaban J connectivity index is 1.80. The first kappa shape index (κ1) is 12.6. The van der Waals surface area contributed by atoms with Gasteiger partial charge in [0.1, 0.15) is 0 Å². The van der Waals surface area contributed by atoms with E-state index in [2.05, 4.69) is 42.5 Å². The summed E-state index contributed by atoms with van der Waals surface area (Å²) in [6.07, 6.45) is 0.822. The van der Waals surface area contributed by atoms with Gasteiger partial charge in [-0.3, -0.25) is 0 Å². The van der Waals surface area contributed by atoms with Gasteiger partial charge in [0.15, 0.2) is 0 Å². The van der Waals surface area contributed by atoms with Gasteiger partial charge in [0.2, 0.25) is 0 Å². The molecule has 0 bridgehead atoms. The molecule has 3 rings (SSSR count). The van der Waals surface area contributed by atoms with Gasteiger partial charge in [-0.15, -0.1) is 0 Å². The Morgan fingerprint density at radius 1 is 1.11 bits per heavy atom. The van der Waals surface area contributed by atoms with Crippen molar-refractivity contribution in [3.05, 3.63) is 48.0 Å². The van der Waals surface area contributed by atoms with Crippen LogP contribution in [0.15, 0.2) is 42.5 Å². The minimum Gasteiger partial charge on any atom is -0.376 e. The van der Waals surface area contributed by atoms with Crippen LogP contribution in [0.1, 0.15) is 5.56 Å². The highest BCUT2D eigenvalue weighted by molar-refractivity contribution is 5.85. The maximum atomic E-state index is 6.27. The van der Waals surface area contributed by atoms with Crippen molar-refractivity contribution in [2.75, 3.05) is 19.8 Å². The van der Waals surface area contributed by atoms with Gasteiger partial charge < -0.3 is 15.2 Å². The normalized spacial score (nSPS) is 21.4. The highest BCUT2D eigenvalue weighted by Gasteiger charge is 2.22. The monoisotopic (exact) mass is 257 g/mol. The molecule has 0 saturated carbocycles. The summed E-state index contributed by atoms with van der Waals surface area (Å²) in [6.45, 7) is 1.93. The molecule has 2 atom stereocenters. The second-order valence-electron chi connectivity index (χ2n) is 4.99. The lowest BCUT2D eigenvalue weighted by Crippen LogP contribution is -2.44. The SMILES string of the molecule is NC(Cc1cccc2ccccc12)C1COCCO1. The Kier molecular flexibility index (Phi) is 3.78. The lowest BCUT2D eigenvalue weighted by atomic mass is 9.97. The summed E-state index contributed by atoms with van der Waals surface area (Å²) in [4.78, 5) is 0. The molecule has 2 aromatic rings. The van der Waals surface area contributed by atoms with Crippen LogP contribution >= 0.6 is 0 Å². The van der Waals surface area contributed by atoms with Crippen molar-refractivity contribution in [1.29, 1.82) is 0 Å². The van der Waals surface area contributed by atoms with Gasteiger partial charge in [0.05, 0.1) is 25.9 Å². The highest BCUT2D eigenvalue weighted by atomic mass is 16.6. The molecule has 2 aromatic carbocycles. The summed E-state index contributed by atoms with van der Waals surface area (Å²) in [5.74, 6) is 0. The smallest absolute Gasteiger partial charge is 0.0963 e. The summed E-state index contributed by atoms with van der Waals surface area (Å²) >= 11 is 0.